The van der Waals surface area contributed by atoms with Crippen molar-refractivity contribution in [1.29, 1.82) is 0 Å². The first-order chi connectivity index (χ1) is 11.1. The van der Waals surface area contributed by atoms with E-state index in [0.717, 1.165) is 24.2 Å². The number of rotatable bonds is 3. The van der Waals surface area contributed by atoms with Crippen molar-refractivity contribution in [3.8, 4) is 0 Å². The molecule has 118 valence electrons. The Morgan fingerprint density at radius 1 is 1.35 bits per heavy atom. The van der Waals surface area contributed by atoms with E-state index in [1.54, 1.807) is 0 Å². The van der Waals surface area contributed by atoms with Crippen molar-refractivity contribution in [3.63, 3.8) is 0 Å². The van der Waals surface area contributed by atoms with E-state index in [0.29, 0.717) is 10.9 Å². The summed E-state index contributed by atoms with van der Waals surface area (Å²) in [6.45, 7) is 0.217. The predicted molar refractivity (Wildman–Crippen MR) is 87.0 cm³/mol. The van der Waals surface area contributed by atoms with E-state index >= 15 is 0 Å². The second kappa shape index (κ2) is 5.30. The number of hydrogen-bond acceptors (Lipinski definition) is 4. The number of aromatic nitrogens is 2. The molecule has 0 amide bonds. The Morgan fingerprint density at radius 3 is 2.78 bits per heavy atom. The smallest absolute Gasteiger partial charge is 0.329 e. The SMILES string of the molecule is O=C(OCc1ccccc1)[C@@H]1CC2(CC2)c2ncc(Br)c(=O)n21. The number of halogens is 1. The summed E-state index contributed by atoms with van der Waals surface area (Å²) in [6, 6.07) is 8.95. The van der Waals surface area contributed by atoms with Crippen LogP contribution >= 0.6 is 15.9 Å². The highest BCUT2D eigenvalue weighted by molar-refractivity contribution is 9.10. The Hall–Kier alpha value is -1.95. The molecular formula is C17H15BrN2O3. The van der Waals surface area contributed by atoms with E-state index in [4.69, 9.17) is 4.74 Å². The Balaban J connectivity index is 1.60. The lowest BCUT2D eigenvalue weighted by Gasteiger charge is -2.13. The largest absolute Gasteiger partial charge is 0.459 e. The molecular weight excluding hydrogens is 360 g/mol. The lowest BCUT2D eigenvalue weighted by molar-refractivity contribution is -0.149. The quantitative estimate of drug-likeness (QED) is 0.774. The zero-order valence-corrected chi connectivity index (χ0v) is 14.0. The van der Waals surface area contributed by atoms with Gasteiger partial charge in [0, 0.05) is 11.6 Å². The van der Waals surface area contributed by atoms with E-state index < -0.39 is 6.04 Å². The molecule has 5 nitrogen and oxygen atoms in total. The minimum absolute atomic E-state index is 0.101. The first-order valence-electron chi connectivity index (χ1n) is 7.59. The van der Waals surface area contributed by atoms with Gasteiger partial charge in [-0.2, -0.15) is 0 Å². The number of esters is 1. The molecule has 1 aliphatic heterocycles. The van der Waals surface area contributed by atoms with E-state index in [-0.39, 0.29) is 23.6 Å². The number of nitrogens with zero attached hydrogens (tertiary/aromatic N) is 2. The number of hydrogen-bond donors (Lipinski definition) is 0. The molecule has 1 fully saturated rings. The molecule has 2 heterocycles. The molecule has 1 aromatic carbocycles. The van der Waals surface area contributed by atoms with Gasteiger partial charge >= 0.3 is 5.97 Å². The number of carbonyl (C=O) groups is 1. The zero-order chi connectivity index (χ0) is 16.0. The van der Waals surface area contributed by atoms with Gasteiger partial charge in [0.25, 0.3) is 5.56 Å². The van der Waals surface area contributed by atoms with Gasteiger partial charge in [-0.25, -0.2) is 9.78 Å². The molecule has 1 spiro atoms. The maximum atomic E-state index is 12.5. The number of fused-ring (bicyclic) bond motifs is 2. The van der Waals surface area contributed by atoms with Crippen LogP contribution in [0.4, 0.5) is 0 Å². The van der Waals surface area contributed by atoms with Crippen LogP contribution in [0.2, 0.25) is 0 Å². The van der Waals surface area contributed by atoms with Crippen LogP contribution in [0.5, 0.6) is 0 Å². The summed E-state index contributed by atoms with van der Waals surface area (Å²) in [5.41, 5.74) is 0.622. The lowest BCUT2D eigenvalue weighted by atomic mass is 10.0. The Kier molecular flexibility index (Phi) is 3.37. The summed E-state index contributed by atoms with van der Waals surface area (Å²) < 4.78 is 7.34. The molecule has 1 atom stereocenters. The predicted octanol–water partition coefficient (Wildman–Crippen LogP) is 2.73. The Labute approximate surface area is 141 Å². The highest BCUT2D eigenvalue weighted by atomic mass is 79.9. The molecule has 2 aromatic rings. The van der Waals surface area contributed by atoms with Crippen LogP contribution in [0, 0.1) is 0 Å². The molecule has 4 rings (SSSR count). The summed E-state index contributed by atoms with van der Waals surface area (Å²) in [5.74, 6) is 0.369. The molecule has 1 aliphatic carbocycles. The molecule has 23 heavy (non-hydrogen) atoms. The normalized spacial score (nSPS) is 20.3. The van der Waals surface area contributed by atoms with Gasteiger partial charge in [0.1, 0.15) is 22.9 Å². The Morgan fingerprint density at radius 2 is 2.09 bits per heavy atom. The van der Waals surface area contributed by atoms with E-state index in [1.165, 1.54) is 10.8 Å². The fourth-order valence-corrected chi connectivity index (χ4v) is 3.57. The number of carbonyl (C=O) groups excluding carboxylic acids is 1. The number of benzene rings is 1. The maximum absolute atomic E-state index is 12.5. The molecule has 1 aromatic heterocycles. The molecule has 0 radical (unpaired) electrons. The van der Waals surface area contributed by atoms with Crippen molar-refractivity contribution in [2.24, 2.45) is 0 Å². The van der Waals surface area contributed by atoms with Crippen LogP contribution in [0.25, 0.3) is 0 Å². The monoisotopic (exact) mass is 374 g/mol. The van der Waals surface area contributed by atoms with Gasteiger partial charge in [-0.15, -0.1) is 0 Å². The summed E-state index contributed by atoms with van der Waals surface area (Å²) in [5, 5.41) is 0. The van der Waals surface area contributed by atoms with E-state index in [1.807, 2.05) is 30.3 Å². The van der Waals surface area contributed by atoms with Crippen molar-refractivity contribution in [2.75, 3.05) is 0 Å². The fourth-order valence-electron chi connectivity index (χ4n) is 3.27. The molecule has 6 heteroatoms. The third-order valence-corrected chi connectivity index (χ3v) is 5.22. The summed E-state index contributed by atoms with van der Waals surface area (Å²) in [4.78, 5) is 29.4. The maximum Gasteiger partial charge on any atom is 0.329 e. The van der Waals surface area contributed by atoms with Crippen molar-refractivity contribution >= 4 is 21.9 Å². The van der Waals surface area contributed by atoms with Crippen molar-refractivity contribution in [1.82, 2.24) is 9.55 Å². The van der Waals surface area contributed by atoms with Crippen LogP contribution in [0.15, 0.2) is 45.8 Å². The van der Waals surface area contributed by atoms with Crippen molar-refractivity contribution < 1.29 is 9.53 Å². The first-order valence-corrected chi connectivity index (χ1v) is 8.38. The average Bonchev–Trinajstić information content (AvgIpc) is 3.26. The topological polar surface area (TPSA) is 61.2 Å². The van der Waals surface area contributed by atoms with E-state index in [9.17, 15) is 9.59 Å². The van der Waals surface area contributed by atoms with Crippen molar-refractivity contribution in [2.45, 2.75) is 37.3 Å². The standard InChI is InChI=1S/C17H15BrN2O3/c18-12-9-19-16-17(6-7-17)8-13(20(16)14(12)21)15(22)23-10-11-4-2-1-3-5-11/h1-5,9,13H,6-8,10H2/t13-/m0/s1. The summed E-state index contributed by atoms with van der Waals surface area (Å²) in [7, 11) is 0. The summed E-state index contributed by atoms with van der Waals surface area (Å²) >= 11 is 3.21. The first kappa shape index (κ1) is 14.6. The summed E-state index contributed by atoms with van der Waals surface area (Å²) in [6.07, 6.45) is 4.10. The number of ether oxygens (including phenoxy) is 1. The van der Waals surface area contributed by atoms with Crippen LogP contribution < -0.4 is 5.56 Å². The molecule has 0 N–H and O–H groups in total. The molecule has 2 aliphatic rings. The van der Waals surface area contributed by atoms with Gasteiger partial charge in [0.2, 0.25) is 0 Å². The minimum Gasteiger partial charge on any atom is -0.459 e. The molecule has 0 unspecified atom stereocenters. The third-order valence-electron chi connectivity index (χ3n) is 4.67. The van der Waals surface area contributed by atoms with Gasteiger partial charge in [-0.3, -0.25) is 9.36 Å². The molecule has 0 bridgehead atoms. The Bertz CT molecular complexity index is 827. The minimum atomic E-state index is -0.575. The fraction of sp³-hybridized carbons (Fsp3) is 0.353. The highest BCUT2D eigenvalue weighted by Crippen LogP contribution is 2.56. The second-order valence-electron chi connectivity index (χ2n) is 6.20. The van der Waals surface area contributed by atoms with Gasteiger partial charge in [-0.1, -0.05) is 30.3 Å². The van der Waals surface area contributed by atoms with E-state index in [2.05, 4.69) is 20.9 Å². The van der Waals surface area contributed by atoms with Gasteiger partial charge in [-0.05, 0) is 40.8 Å². The third kappa shape index (κ3) is 2.41. The average molecular weight is 375 g/mol. The van der Waals surface area contributed by atoms with Crippen LogP contribution in [0.3, 0.4) is 0 Å². The molecule has 0 saturated heterocycles. The molecule has 1 saturated carbocycles. The second-order valence-corrected chi connectivity index (χ2v) is 7.05. The van der Waals surface area contributed by atoms with Gasteiger partial charge in [0.05, 0.1) is 0 Å². The van der Waals surface area contributed by atoms with Crippen LogP contribution in [-0.4, -0.2) is 15.5 Å². The van der Waals surface area contributed by atoms with Crippen molar-refractivity contribution in [3.05, 3.63) is 62.7 Å². The van der Waals surface area contributed by atoms with Crippen LogP contribution in [-0.2, 0) is 21.6 Å². The van der Waals surface area contributed by atoms with Gasteiger partial charge in [0.15, 0.2) is 0 Å². The highest BCUT2D eigenvalue weighted by Gasteiger charge is 2.56. The van der Waals surface area contributed by atoms with Crippen LogP contribution in [0.1, 0.15) is 36.7 Å². The zero-order valence-electron chi connectivity index (χ0n) is 12.4. The van der Waals surface area contributed by atoms with Gasteiger partial charge < -0.3 is 4.74 Å². The lowest BCUT2D eigenvalue weighted by Crippen LogP contribution is -2.30.